The first-order valence-corrected chi connectivity index (χ1v) is 10.3. The Morgan fingerprint density at radius 2 is 2.08 bits per heavy atom. The molecule has 1 heterocycles. The molecule has 1 aliphatic heterocycles. The third-order valence-electron chi connectivity index (χ3n) is 4.02. The van der Waals surface area contributed by atoms with E-state index in [1.807, 2.05) is 6.92 Å². The van der Waals surface area contributed by atoms with Gasteiger partial charge in [0.05, 0.1) is 24.7 Å². The number of nitrogens with zero attached hydrogens (tertiary/aromatic N) is 1. The minimum absolute atomic E-state index is 0.00769. The van der Waals surface area contributed by atoms with E-state index in [-0.39, 0.29) is 12.0 Å². The van der Waals surface area contributed by atoms with Crippen LogP contribution in [-0.4, -0.2) is 52.5 Å². The van der Waals surface area contributed by atoms with E-state index in [0.717, 1.165) is 23.4 Å². The second-order valence-electron chi connectivity index (χ2n) is 6.04. The normalized spacial score (nSPS) is 18.6. The molecule has 0 aromatic heterocycles. The number of rotatable bonds is 8. The highest BCUT2D eigenvalue weighted by atomic mass is 32.2. The van der Waals surface area contributed by atoms with Crippen molar-refractivity contribution in [2.24, 2.45) is 0 Å². The minimum Gasteiger partial charge on any atom is -0.494 e. The highest BCUT2D eigenvalue weighted by Gasteiger charge is 2.29. The van der Waals surface area contributed by atoms with Crippen LogP contribution >= 0.6 is 0 Å². The molecule has 7 nitrogen and oxygen atoms in total. The van der Waals surface area contributed by atoms with Crippen molar-refractivity contribution < 1.29 is 22.7 Å². The topological polar surface area (TPSA) is 84.9 Å². The Hall–Kier alpha value is -1.80. The Bertz CT molecular complexity index is 669. The highest BCUT2D eigenvalue weighted by molar-refractivity contribution is 7.92. The summed E-state index contributed by atoms with van der Waals surface area (Å²) < 4.78 is 36.4. The van der Waals surface area contributed by atoms with Crippen LogP contribution in [0.3, 0.4) is 0 Å². The fourth-order valence-corrected chi connectivity index (χ4v) is 4.01. The van der Waals surface area contributed by atoms with Crippen molar-refractivity contribution in [1.29, 1.82) is 0 Å². The molecule has 1 aromatic carbocycles. The first-order valence-electron chi connectivity index (χ1n) is 8.44. The SMILES string of the molecule is CCOc1ccc(N([C@H](C)C(=O)NC[C@H]2CCCO2)S(C)(=O)=O)cc1. The van der Waals surface area contributed by atoms with Gasteiger partial charge in [-0.05, 0) is 51.0 Å². The molecule has 0 radical (unpaired) electrons. The molecule has 1 N–H and O–H groups in total. The van der Waals surface area contributed by atoms with Gasteiger partial charge in [0.15, 0.2) is 0 Å². The standard InChI is InChI=1S/C17H26N2O5S/c1-4-23-15-9-7-14(8-10-15)19(25(3,21)22)13(2)17(20)18-12-16-6-5-11-24-16/h7-10,13,16H,4-6,11-12H2,1-3H3,(H,18,20)/t13-,16-/m1/s1. The Kier molecular flexibility index (Phi) is 6.66. The predicted molar refractivity (Wildman–Crippen MR) is 96.4 cm³/mol. The molecular weight excluding hydrogens is 344 g/mol. The van der Waals surface area contributed by atoms with Crippen molar-refractivity contribution in [3.05, 3.63) is 24.3 Å². The molecular formula is C17H26N2O5S. The number of carbonyl (C=O) groups excluding carboxylic acids is 1. The monoisotopic (exact) mass is 370 g/mol. The molecule has 0 unspecified atom stereocenters. The largest absolute Gasteiger partial charge is 0.494 e. The fraction of sp³-hybridized carbons (Fsp3) is 0.588. The van der Waals surface area contributed by atoms with E-state index in [1.54, 1.807) is 31.2 Å². The fourth-order valence-electron chi connectivity index (χ4n) is 2.83. The first-order chi connectivity index (χ1) is 11.8. The van der Waals surface area contributed by atoms with Gasteiger partial charge in [-0.25, -0.2) is 8.42 Å². The zero-order valence-electron chi connectivity index (χ0n) is 14.9. The Morgan fingerprint density at radius 1 is 1.40 bits per heavy atom. The van der Waals surface area contributed by atoms with Crippen molar-refractivity contribution in [3.63, 3.8) is 0 Å². The van der Waals surface area contributed by atoms with Crippen LogP contribution in [0.25, 0.3) is 0 Å². The van der Waals surface area contributed by atoms with Crippen LogP contribution in [0.2, 0.25) is 0 Å². The summed E-state index contributed by atoms with van der Waals surface area (Å²) in [5.74, 6) is 0.296. The smallest absolute Gasteiger partial charge is 0.243 e. The highest BCUT2D eigenvalue weighted by Crippen LogP contribution is 2.24. The van der Waals surface area contributed by atoms with Gasteiger partial charge in [0.25, 0.3) is 0 Å². The second-order valence-corrected chi connectivity index (χ2v) is 7.90. The third-order valence-corrected chi connectivity index (χ3v) is 5.26. The molecule has 1 fully saturated rings. The average Bonchev–Trinajstić information content (AvgIpc) is 3.07. The van der Waals surface area contributed by atoms with Crippen LogP contribution in [0, 0.1) is 0 Å². The molecule has 0 bridgehead atoms. The van der Waals surface area contributed by atoms with Gasteiger partial charge in [0.1, 0.15) is 11.8 Å². The van der Waals surface area contributed by atoms with Crippen molar-refractivity contribution in [3.8, 4) is 5.75 Å². The molecule has 1 aromatic rings. The number of ether oxygens (including phenoxy) is 2. The third kappa shape index (κ3) is 5.34. The lowest BCUT2D eigenvalue weighted by Crippen LogP contribution is -2.49. The molecule has 0 aliphatic carbocycles. The molecule has 25 heavy (non-hydrogen) atoms. The summed E-state index contributed by atoms with van der Waals surface area (Å²) in [5, 5.41) is 2.78. The lowest BCUT2D eigenvalue weighted by atomic mass is 10.2. The quantitative estimate of drug-likeness (QED) is 0.750. The van der Waals surface area contributed by atoms with Crippen molar-refractivity contribution >= 4 is 21.6 Å². The maximum absolute atomic E-state index is 12.4. The summed E-state index contributed by atoms with van der Waals surface area (Å²) in [6.07, 6.45) is 2.99. The number of nitrogens with one attached hydrogen (secondary N) is 1. The number of sulfonamides is 1. The molecule has 1 saturated heterocycles. The summed E-state index contributed by atoms with van der Waals surface area (Å²) in [5.41, 5.74) is 0.422. The first kappa shape index (κ1) is 19.5. The van der Waals surface area contributed by atoms with E-state index in [4.69, 9.17) is 9.47 Å². The summed E-state index contributed by atoms with van der Waals surface area (Å²) in [6.45, 7) is 5.07. The molecule has 2 atom stereocenters. The van der Waals surface area contributed by atoms with E-state index in [2.05, 4.69) is 5.32 Å². The molecule has 2 rings (SSSR count). The minimum atomic E-state index is -3.62. The molecule has 1 amide bonds. The van der Waals surface area contributed by atoms with Gasteiger partial charge in [-0.15, -0.1) is 0 Å². The van der Waals surface area contributed by atoms with Crippen LogP contribution in [-0.2, 0) is 19.6 Å². The zero-order chi connectivity index (χ0) is 18.4. The summed E-state index contributed by atoms with van der Waals surface area (Å²) >= 11 is 0. The molecule has 0 saturated carbocycles. The van der Waals surface area contributed by atoms with Crippen LogP contribution < -0.4 is 14.4 Å². The predicted octanol–water partition coefficient (Wildman–Crippen LogP) is 1.53. The Balaban J connectivity index is 2.11. The number of carbonyl (C=O) groups is 1. The maximum atomic E-state index is 12.4. The molecule has 0 spiro atoms. The average molecular weight is 370 g/mol. The number of anilines is 1. The van der Waals surface area contributed by atoms with Crippen molar-refractivity contribution in [2.75, 3.05) is 30.3 Å². The van der Waals surface area contributed by atoms with Gasteiger partial charge in [0, 0.05) is 13.2 Å². The lowest BCUT2D eigenvalue weighted by molar-refractivity contribution is -0.122. The van der Waals surface area contributed by atoms with E-state index >= 15 is 0 Å². The van der Waals surface area contributed by atoms with Gasteiger partial charge >= 0.3 is 0 Å². The Labute approximate surface area is 149 Å². The maximum Gasteiger partial charge on any atom is 0.243 e. The summed E-state index contributed by atoms with van der Waals surface area (Å²) in [4.78, 5) is 12.4. The zero-order valence-corrected chi connectivity index (χ0v) is 15.7. The van der Waals surface area contributed by atoms with Gasteiger partial charge < -0.3 is 14.8 Å². The van der Waals surface area contributed by atoms with E-state index in [9.17, 15) is 13.2 Å². The van der Waals surface area contributed by atoms with E-state index < -0.39 is 16.1 Å². The second kappa shape index (κ2) is 8.53. The molecule has 1 aliphatic rings. The van der Waals surface area contributed by atoms with Gasteiger partial charge in [-0.1, -0.05) is 0 Å². The van der Waals surface area contributed by atoms with Crippen LogP contribution in [0.1, 0.15) is 26.7 Å². The van der Waals surface area contributed by atoms with Crippen molar-refractivity contribution in [2.45, 2.75) is 38.8 Å². The van der Waals surface area contributed by atoms with Crippen LogP contribution in [0.4, 0.5) is 5.69 Å². The summed E-state index contributed by atoms with van der Waals surface area (Å²) in [6, 6.07) is 5.78. The molecule has 8 heteroatoms. The number of hydrogen-bond donors (Lipinski definition) is 1. The number of hydrogen-bond acceptors (Lipinski definition) is 5. The van der Waals surface area contributed by atoms with Crippen LogP contribution in [0.5, 0.6) is 5.75 Å². The van der Waals surface area contributed by atoms with Crippen molar-refractivity contribution in [1.82, 2.24) is 5.32 Å². The summed E-state index contributed by atoms with van der Waals surface area (Å²) in [7, 11) is -3.62. The van der Waals surface area contributed by atoms with Crippen LogP contribution in [0.15, 0.2) is 24.3 Å². The lowest BCUT2D eigenvalue weighted by Gasteiger charge is -2.28. The van der Waals surface area contributed by atoms with Gasteiger partial charge in [0.2, 0.25) is 15.9 Å². The van der Waals surface area contributed by atoms with Gasteiger partial charge in [-0.2, -0.15) is 0 Å². The van der Waals surface area contributed by atoms with Gasteiger partial charge in [-0.3, -0.25) is 9.10 Å². The number of benzene rings is 1. The number of amides is 1. The van der Waals surface area contributed by atoms with E-state index in [1.165, 1.54) is 0 Å². The van der Waals surface area contributed by atoms with E-state index in [0.29, 0.717) is 31.2 Å². The molecule has 140 valence electrons. The Morgan fingerprint density at radius 3 is 2.60 bits per heavy atom.